The Hall–Kier alpha value is -2.04. The first kappa shape index (κ1) is 16.0. The molecule has 0 saturated heterocycles. The largest absolute Gasteiger partial charge is 0.466 e. The van der Waals surface area contributed by atoms with Gasteiger partial charge in [0.2, 0.25) is 0 Å². The van der Waals surface area contributed by atoms with Crippen molar-refractivity contribution in [1.82, 2.24) is 0 Å². The number of rotatable bonds is 6. The molecule has 0 saturated carbocycles. The normalized spacial score (nSPS) is 10.0. The summed E-state index contributed by atoms with van der Waals surface area (Å²) in [5.41, 5.74) is 1.90. The van der Waals surface area contributed by atoms with Gasteiger partial charge in [-0.2, -0.15) is 0 Å². The molecule has 0 N–H and O–H groups in total. The van der Waals surface area contributed by atoms with Crippen molar-refractivity contribution in [1.29, 1.82) is 0 Å². The summed E-state index contributed by atoms with van der Waals surface area (Å²) in [6.07, 6.45) is 0.0652. The van der Waals surface area contributed by atoms with Crippen molar-refractivity contribution >= 4 is 17.6 Å². The van der Waals surface area contributed by atoms with Gasteiger partial charge in [-0.05, 0) is 31.5 Å². The van der Waals surface area contributed by atoms with E-state index in [2.05, 4.69) is 0 Å². The van der Waals surface area contributed by atoms with E-state index < -0.39 is 5.97 Å². The molecule has 0 heterocycles. The lowest BCUT2D eigenvalue weighted by molar-refractivity contribution is -0.142. The Morgan fingerprint density at radius 1 is 1.10 bits per heavy atom. The summed E-state index contributed by atoms with van der Waals surface area (Å²) in [4.78, 5) is 25.5. The Morgan fingerprint density at radius 3 is 2.30 bits per heavy atom. The molecule has 0 spiro atoms. The molecule has 1 aromatic carbocycles. The summed E-state index contributed by atoms with van der Waals surface area (Å²) in [7, 11) is 3.77. The van der Waals surface area contributed by atoms with E-state index in [0.717, 1.165) is 5.69 Å². The zero-order chi connectivity index (χ0) is 15.1. The highest BCUT2D eigenvalue weighted by molar-refractivity contribution is 5.93. The summed E-state index contributed by atoms with van der Waals surface area (Å²) in [6.45, 7) is 4.12. The monoisotopic (exact) mass is 279 g/mol. The van der Waals surface area contributed by atoms with Crippen molar-refractivity contribution in [3.05, 3.63) is 29.3 Å². The van der Waals surface area contributed by atoms with E-state index in [0.29, 0.717) is 24.3 Å². The van der Waals surface area contributed by atoms with Crippen LogP contribution in [0.1, 0.15) is 29.8 Å². The molecule has 0 aliphatic carbocycles. The summed E-state index contributed by atoms with van der Waals surface area (Å²) in [5, 5.41) is 0. The molecule has 0 amide bonds. The zero-order valence-corrected chi connectivity index (χ0v) is 12.4. The number of nitrogens with zero attached hydrogens (tertiary/aromatic N) is 1. The first-order valence-corrected chi connectivity index (χ1v) is 6.62. The van der Waals surface area contributed by atoms with Gasteiger partial charge in [0.25, 0.3) is 0 Å². The third-order valence-electron chi connectivity index (χ3n) is 2.75. The number of anilines is 1. The van der Waals surface area contributed by atoms with E-state index >= 15 is 0 Å². The van der Waals surface area contributed by atoms with Crippen molar-refractivity contribution in [2.75, 3.05) is 32.2 Å². The van der Waals surface area contributed by atoms with Crippen LogP contribution in [0.5, 0.6) is 0 Å². The van der Waals surface area contributed by atoms with E-state index in [1.807, 2.05) is 25.1 Å². The molecule has 110 valence electrons. The first-order chi connectivity index (χ1) is 9.49. The Kier molecular flexibility index (Phi) is 6.03. The number of carbonyl (C=O) groups is 2. The lowest BCUT2D eigenvalue weighted by Gasteiger charge is -2.16. The van der Waals surface area contributed by atoms with E-state index in [1.165, 1.54) is 0 Å². The predicted octanol–water partition coefficient (Wildman–Crippen LogP) is 2.03. The molecule has 0 radical (unpaired) electrons. The molecule has 0 atom stereocenters. The quantitative estimate of drug-likeness (QED) is 0.746. The third-order valence-corrected chi connectivity index (χ3v) is 2.75. The maximum absolute atomic E-state index is 12.0. The lowest BCUT2D eigenvalue weighted by Crippen LogP contribution is -2.15. The van der Waals surface area contributed by atoms with Crippen LogP contribution in [0.4, 0.5) is 5.69 Å². The fourth-order valence-corrected chi connectivity index (χ4v) is 1.76. The van der Waals surface area contributed by atoms with Gasteiger partial charge < -0.3 is 14.4 Å². The predicted molar refractivity (Wildman–Crippen MR) is 77.1 cm³/mol. The first-order valence-electron chi connectivity index (χ1n) is 6.62. The molecule has 5 heteroatoms. The molecule has 0 unspecified atom stereocenters. The summed E-state index contributed by atoms with van der Waals surface area (Å²) in [6, 6.07) is 5.35. The highest BCUT2D eigenvalue weighted by Gasteiger charge is 2.17. The molecule has 0 aromatic heterocycles. The van der Waals surface area contributed by atoms with E-state index in [1.54, 1.807) is 26.0 Å². The van der Waals surface area contributed by atoms with Gasteiger partial charge in [0.15, 0.2) is 0 Å². The minimum absolute atomic E-state index is 0.0652. The van der Waals surface area contributed by atoms with Gasteiger partial charge in [-0.1, -0.05) is 6.07 Å². The number of benzene rings is 1. The average molecular weight is 279 g/mol. The highest BCUT2D eigenvalue weighted by atomic mass is 16.5. The summed E-state index contributed by atoms with van der Waals surface area (Å²) < 4.78 is 9.95. The molecular weight excluding hydrogens is 258 g/mol. The molecule has 0 aliphatic rings. The molecule has 0 aliphatic heterocycles. The molecule has 20 heavy (non-hydrogen) atoms. The number of esters is 2. The van der Waals surface area contributed by atoms with Crippen LogP contribution in [-0.2, 0) is 20.7 Å². The number of hydrogen-bond acceptors (Lipinski definition) is 5. The van der Waals surface area contributed by atoms with Gasteiger partial charge in [-0.3, -0.25) is 4.79 Å². The van der Waals surface area contributed by atoms with Crippen molar-refractivity contribution in [2.24, 2.45) is 0 Å². The van der Waals surface area contributed by atoms with Crippen molar-refractivity contribution in [3.8, 4) is 0 Å². The van der Waals surface area contributed by atoms with Gasteiger partial charge in [0.1, 0.15) is 0 Å². The topological polar surface area (TPSA) is 55.8 Å². The lowest BCUT2D eigenvalue weighted by atomic mass is 10.0. The highest BCUT2D eigenvalue weighted by Crippen LogP contribution is 2.20. The van der Waals surface area contributed by atoms with Crippen LogP contribution in [0.3, 0.4) is 0 Å². The summed E-state index contributed by atoms with van der Waals surface area (Å²) in [5.74, 6) is -0.772. The number of hydrogen-bond donors (Lipinski definition) is 0. The molecular formula is C15H21NO4. The van der Waals surface area contributed by atoms with Crippen LogP contribution in [0.25, 0.3) is 0 Å². The van der Waals surface area contributed by atoms with Gasteiger partial charge >= 0.3 is 11.9 Å². The maximum Gasteiger partial charge on any atom is 0.338 e. The number of ether oxygens (including phenoxy) is 2. The van der Waals surface area contributed by atoms with Crippen LogP contribution in [0.15, 0.2) is 18.2 Å². The van der Waals surface area contributed by atoms with Gasteiger partial charge in [0, 0.05) is 19.8 Å². The third kappa shape index (κ3) is 4.26. The van der Waals surface area contributed by atoms with Gasteiger partial charge in [-0.15, -0.1) is 0 Å². The van der Waals surface area contributed by atoms with Crippen LogP contribution < -0.4 is 4.90 Å². The fraction of sp³-hybridized carbons (Fsp3) is 0.467. The standard InChI is InChI=1S/C15H21NO4/c1-5-19-14(17)9-11-7-8-12(16(3)4)10-13(11)15(18)20-6-2/h7-8,10H,5-6,9H2,1-4H3. The molecule has 1 rings (SSSR count). The van der Waals surface area contributed by atoms with Gasteiger partial charge in [-0.25, -0.2) is 4.79 Å². The van der Waals surface area contributed by atoms with Crippen LogP contribution in [-0.4, -0.2) is 39.2 Å². The van der Waals surface area contributed by atoms with Crippen molar-refractivity contribution in [3.63, 3.8) is 0 Å². The second-order valence-electron chi connectivity index (χ2n) is 4.44. The molecule has 0 fully saturated rings. The molecule has 1 aromatic rings. The maximum atomic E-state index is 12.0. The second kappa shape index (κ2) is 7.53. The van der Waals surface area contributed by atoms with E-state index in [-0.39, 0.29) is 12.4 Å². The summed E-state index contributed by atoms with van der Waals surface area (Å²) >= 11 is 0. The van der Waals surface area contributed by atoms with Crippen LogP contribution in [0, 0.1) is 0 Å². The Labute approximate surface area is 119 Å². The molecule has 5 nitrogen and oxygen atoms in total. The average Bonchev–Trinajstić information content (AvgIpc) is 2.39. The van der Waals surface area contributed by atoms with Crippen LogP contribution in [0.2, 0.25) is 0 Å². The molecule has 0 bridgehead atoms. The Balaban J connectivity index is 3.08. The zero-order valence-electron chi connectivity index (χ0n) is 12.4. The minimum Gasteiger partial charge on any atom is -0.466 e. The van der Waals surface area contributed by atoms with Crippen LogP contribution >= 0.6 is 0 Å². The number of carbonyl (C=O) groups excluding carboxylic acids is 2. The van der Waals surface area contributed by atoms with Crippen molar-refractivity contribution in [2.45, 2.75) is 20.3 Å². The smallest absolute Gasteiger partial charge is 0.338 e. The fourth-order valence-electron chi connectivity index (χ4n) is 1.76. The van der Waals surface area contributed by atoms with Gasteiger partial charge in [0.05, 0.1) is 25.2 Å². The van der Waals surface area contributed by atoms with E-state index in [4.69, 9.17) is 9.47 Å². The van der Waals surface area contributed by atoms with E-state index in [9.17, 15) is 9.59 Å². The Bertz CT molecular complexity index is 483. The second-order valence-corrected chi connectivity index (χ2v) is 4.44. The van der Waals surface area contributed by atoms with Crippen molar-refractivity contribution < 1.29 is 19.1 Å². The SMILES string of the molecule is CCOC(=O)Cc1ccc(N(C)C)cc1C(=O)OCC. The minimum atomic E-state index is -0.421. The Morgan fingerprint density at radius 2 is 1.75 bits per heavy atom.